The van der Waals surface area contributed by atoms with E-state index in [1.165, 1.54) is 7.11 Å². The highest BCUT2D eigenvalue weighted by molar-refractivity contribution is 9.10. The molecule has 0 aliphatic carbocycles. The number of hydrogen-bond donors (Lipinski definition) is 1. The Morgan fingerprint density at radius 3 is 2.71 bits per heavy atom. The lowest BCUT2D eigenvalue weighted by atomic mass is 10.1. The van der Waals surface area contributed by atoms with Gasteiger partial charge in [0, 0.05) is 0 Å². The molecular formula is C12H10BrClO3. The Kier molecular flexibility index (Phi) is 3.76. The van der Waals surface area contributed by atoms with E-state index in [1.54, 1.807) is 30.3 Å². The molecule has 90 valence electrons. The predicted molar refractivity (Wildman–Crippen MR) is 68.5 cm³/mol. The minimum Gasteiger partial charge on any atom is -0.495 e. The molecule has 0 spiro atoms. The first-order valence-electron chi connectivity index (χ1n) is 4.88. The first kappa shape index (κ1) is 12.5. The molecule has 1 heterocycles. The lowest BCUT2D eigenvalue weighted by molar-refractivity contribution is 0.187. The normalized spacial score (nSPS) is 12.5. The summed E-state index contributed by atoms with van der Waals surface area (Å²) < 4.78 is 11.0. The van der Waals surface area contributed by atoms with Crippen molar-refractivity contribution in [1.82, 2.24) is 0 Å². The van der Waals surface area contributed by atoms with Crippen LogP contribution in [0.15, 0.2) is 39.4 Å². The van der Waals surface area contributed by atoms with Gasteiger partial charge < -0.3 is 14.3 Å². The van der Waals surface area contributed by atoms with Gasteiger partial charge in [-0.25, -0.2) is 0 Å². The highest BCUT2D eigenvalue weighted by Gasteiger charge is 2.16. The van der Waals surface area contributed by atoms with Crippen molar-refractivity contribution in [2.75, 3.05) is 7.11 Å². The average molecular weight is 318 g/mol. The molecular weight excluding hydrogens is 307 g/mol. The van der Waals surface area contributed by atoms with Crippen LogP contribution in [0.1, 0.15) is 17.4 Å². The molecule has 1 atom stereocenters. The van der Waals surface area contributed by atoms with Gasteiger partial charge in [-0.1, -0.05) is 17.7 Å². The third kappa shape index (κ3) is 2.65. The van der Waals surface area contributed by atoms with E-state index in [2.05, 4.69) is 15.9 Å². The van der Waals surface area contributed by atoms with Crippen molar-refractivity contribution in [2.24, 2.45) is 0 Å². The minimum atomic E-state index is -0.840. The Morgan fingerprint density at radius 1 is 1.35 bits per heavy atom. The van der Waals surface area contributed by atoms with Crippen LogP contribution in [0.4, 0.5) is 0 Å². The molecule has 1 N–H and O–H groups in total. The third-order valence-electron chi connectivity index (χ3n) is 2.35. The van der Waals surface area contributed by atoms with Gasteiger partial charge in [0.15, 0.2) is 4.67 Å². The van der Waals surface area contributed by atoms with E-state index < -0.39 is 6.10 Å². The van der Waals surface area contributed by atoms with Gasteiger partial charge in [0.25, 0.3) is 0 Å². The maximum atomic E-state index is 10.1. The molecule has 0 fully saturated rings. The van der Waals surface area contributed by atoms with Crippen LogP contribution in [0.3, 0.4) is 0 Å². The molecule has 3 nitrogen and oxygen atoms in total. The minimum absolute atomic E-state index is 0.459. The monoisotopic (exact) mass is 316 g/mol. The van der Waals surface area contributed by atoms with Gasteiger partial charge in [0.2, 0.25) is 0 Å². The van der Waals surface area contributed by atoms with Crippen molar-refractivity contribution >= 4 is 27.5 Å². The zero-order chi connectivity index (χ0) is 12.4. The second-order valence-corrected chi connectivity index (χ2v) is 4.63. The van der Waals surface area contributed by atoms with Crippen molar-refractivity contribution in [1.29, 1.82) is 0 Å². The van der Waals surface area contributed by atoms with E-state index in [1.807, 2.05) is 0 Å². The summed E-state index contributed by atoms with van der Waals surface area (Å²) in [6.45, 7) is 0. The number of methoxy groups -OCH3 is 1. The van der Waals surface area contributed by atoms with Crippen molar-refractivity contribution in [3.05, 3.63) is 51.3 Å². The molecule has 5 heteroatoms. The molecule has 0 saturated carbocycles. The second-order valence-electron chi connectivity index (χ2n) is 3.44. The first-order valence-corrected chi connectivity index (χ1v) is 6.05. The standard InChI is InChI=1S/C12H10BrClO3/c1-16-10-6-7(2-3-8(10)14)12(15)9-4-5-11(13)17-9/h2-6,12,15H,1H3. The zero-order valence-corrected chi connectivity index (χ0v) is 11.3. The van der Waals surface area contributed by atoms with Gasteiger partial charge in [0.1, 0.15) is 17.6 Å². The summed E-state index contributed by atoms with van der Waals surface area (Å²) in [5.41, 5.74) is 0.660. The summed E-state index contributed by atoms with van der Waals surface area (Å²) in [5, 5.41) is 10.6. The van der Waals surface area contributed by atoms with Crippen LogP contribution < -0.4 is 4.74 Å². The topological polar surface area (TPSA) is 42.6 Å². The molecule has 0 aliphatic rings. The van der Waals surface area contributed by atoms with Crippen molar-refractivity contribution in [3.8, 4) is 5.75 Å². The largest absolute Gasteiger partial charge is 0.495 e. The maximum absolute atomic E-state index is 10.1. The molecule has 17 heavy (non-hydrogen) atoms. The Labute approximate surface area is 112 Å². The maximum Gasteiger partial charge on any atom is 0.169 e. The van der Waals surface area contributed by atoms with Crippen LogP contribution in [-0.4, -0.2) is 12.2 Å². The van der Waals surface area contributed by atoms with Crippen molar-refractivity contribution in [2.45, 2.75) is 6.10 Å². The van der Waals surface area contributed by atoms with Gasteiger partial charge in [-0.15, -0.1) is 0 Å². The lowest BCUT2D eigenvalue weighted by Gasteiger charge is -2.10. The number of hydrogen-bond acceptors (Lipinski definition) is 3. The van der Waals surface area contributed by atoms with E-state index in [4.69, 9.17) is 20.8 Å². The number of benzene rings is 1. The molecule has 2 aromatic rings. The number of halogens is 2. The zero-order valence-electron chi connectivity index (χ0n) is 8.98. The van der Waals surface area contributed by atoms with Crippen LogP contribution in [0, 0.1) is 0 Å². The lowest BCUT2D eigenvalue weighted by Crippen LogP contribution is -1.98. The third-order valence-corrected chi connectivity index (χ3v) is 3.09. The average Bonchev–Trinajstić information content (AvgIpc) is 2.75. The van der Waals surface area contributed by atoms with Crippen molar-refractivity contribution in [3.63, 3.8) is 0 Å². The van der Waals surface area contributed by atoms with E-state index in [0.29, 0.717) is 26.8 Å². The van der Waals surface area contributed by atoms with Gasteiger partial charge in [-0.3, -0.25) is 0 Å². The molecule has 0 saturated heterocycles. The quantitative estimate of drug-likeness (QED) is 0.936. The van der Waals surface area contributed by atoms with Crippen LogP contribution in [0.5, 0.6) is 5.75 Å². The van der Waals surface area contributed by atoms with E-state index in [9.17, 15) is 5.11 Å². The van der Waals surface area contributed by atoms with Gasteiger partial charge in [-0.05, 0) is 45.8 Å². The molecule has 1 unspecified atom stereocenters. The van der Waals surface area contributed by atoms with E-state index in [0.717, 1.165) is 0 Å². The Hall–Kier alpha value is -0.970. The fourth-order valence-electron chi connectivity index (χ4n) is 1.49. The van der Waals surface area contributed by atoms with Gasteiger partial charge >= 0.3 is 0 Å². The molecule has 0 amide bonds. The summed E-state index contributed by atoms with van der Waals surface area (Å²) in [6.07, 6.45) is -0.840. The van der Waals surface area contributed by atoms with Crippen LogP contribution in [0.25, 0.3) is 0 Å². The summed E-state index contributed by atoms with van der Waals surface area (Å²) in [4.78, 5) is 0. The smallest absolute Gasteiger partial charge is 0.169 e. The molecule has 0 aliphatic heterocycles. The second kappa shape index (κ2) is 5.12. The number of furan rings is 1. The van der Waals surface area contributed by atoms with Crippen molar-refractivity contribution < 1.29 is 14.3 Å². The number of aliphatic hydroxyl groups excluding tert-OH is 1. The molecule has 2 rings (SSSR count). The first-order chi connectivity index (χ1) is 8.11. The highest BCUT2D eigenvalue weighted by atomic mass is 79.9. The molecule has 1 aromatic heterocycles. The Morgan fingerprint density at radius 2 is 2.12 bits per heavy atom. The number of aliphatic hydroxyl groups is 1. The molecule has 1 aromatic carbocycles. The fourth-order valence-corrected chi connectivity index (χ4v) is 2.00. The number of rotatable bonds is 3. The summed E-state index contributed by atoms with van der Waals surface area (Å²) in [6, 6.07) is 8.52. The fraction of sp³-hybridized carbons (Fsp3) is 0.167. The van der Waals surface area contributed by atoms with E-state index in [-0.39, 0.29) is 0 Å². The van der Waals surface area contributed by atoms with Gasteiger partial charge in [0.05, 0.1) is 12.1 Å². The Bertz CT molecular complexity index is 524. The van der Waals surface area contributed by atoms with E-state index >= 15 is 0 Å². The van der Waals surface area contributed by atoms with Crippen LogP contribution in [0.2, 0.25) is 5.02 Å². The number of ether oxygens (including phenoxy) is 1. The predicted octanol–water partition coefficient (Wildman–Crippen LogP) is 3.79. The van der Waals surface area contributed by atoms with Crippen LogP contribution in [-0.2, 0) is 0 Å². The highest BCUT2D eigenvalue weighted by Crippen LogP contribution is 2.31. The summed E-state index contributed by atoms with van der Waals surface area (Å²) in [5.74, 6) is 0.982. The molecule has 0 radical (unpaired) electrons. The molecule has 0 bridgehead atoms. The van der Waals surface area contributed by atoms with Crippen LogP contribution >= 0.6 is 27.5 Å². The summed E-state index contributed by atoms with van der Waals surface area (Å²) in [7, 11) is 1.53. The van der Waals surface area contributed by atoms with Gasteiger partial charge in [-0.2, -0.15) is 0 Å². The SMILES string of the molecule is COc1cc(C(O)c2ccc(Br)o2)ccc1Cl. The Balaban J connectivity index is 2.34. The summed E-state index contributed by atoms with van der Waals surface area (Å²) >= 11 is 9.10.